The molecule has 0 saturated carbocycles. The van der Waals surface area contributed by atoms with Crippen molar-refractivity contribution in [1.29, 1.82) is 0 Å². The summed E-state index contributed by atoms with van der Waals surface area (Å²) in [5.74, 6) is -0.748. The molecule has 1 rings (SSSR count). The summed E-state index contributed by atoms with van der Waals surface area (Å²) >= 11 is 1.35. The van der Waals surface area contributed by atoms with Crippen LogP contribution in [0.1, 0.15) is 69.9 Å². The van der Waals surface area contributed by atoms with Crippen molar-refractivity contribution in [2.45, 2.75) is 72.4 Å². The van der Waals surface area contributed by atoms with E-state index in [0.717, 1.165) is 17.8 Å². The van der Waals surface area contributed by atoms with Crippen LogP contribution in [-0.2, 0) is 11.2 Å². The normalized spacial score (nSPS) is 12.9. The summed E-state index contributed by atoms with van der Waals surface area (Å²) in [6.07, 6.45) is 1.93. The first kappa shape index (κ1) is 21.4. The van der Waals surface area contributed by atoms with Gasteiger partial charge in [0.05, 0.1) is 5.01 Å². The second-order valence-corrected chi connectivity index (χ2v) is 8.40. The van der Waals surface area contributed by atoms with Gasteiger partial charge in [0.1, 0.15) is 5.60 Å². The fourth-order valence-corrected chi connectivity index (χ4v) is 3.39. The Morgan fingerprint density at radius 2 is 2.00 bits per heavy atom. The van der Waals surface area contributed by atoms with Crippen molar-refractivity contribution in [3.05, 3.63) is 16.1 Å². The van der Waals surface area contributed by atoms with E-state index in [4.69, 9.17) is 9.84 Å². The van der Waals surface area contributed by atoms with Crippen molar-refractivity contribution in [3.63, 3.8) is 0 Å². The number of carbonyl (C=O) groups is 2. The fraction of sp³-hybridized carbons (Fsp3) is 0.722. The van der Waals surface area contributed by atoms with Gasteiger partial charge in [-0.3, -0.25) is 0 Å². The van der Waals surface area contributed by atoms with Gasteiger partial charge in [-0.2, -0.15) is 0 Å². The van der Waals surface area contributed by atoms with E-state index >= 15 is 0 Å². The molecule has 1 aromatic heterocycles. The van der Waals surface area contributed by atoms with Crippen LogP contribution >= 0.6 is 11.3 Å². The van der Waals surface area contributed by atoms with Gasteiger partial charge in [-0.25, -0.2) is 14.6 Å². The van der Waals surface area contributed by atoms with E-state index in [-0.39, 0.29) is 23.7 Å². The Kier molecular flexibility index (Phi) is 7.86. The third-order valence-electron chi connectivity index (χ3n) is 3.69. The summed E-state index contributed by atoms with van der Waals surface area (Å²) in [7, 11) is 0. The lowest BCUT2D eigenvalue weighted by atomic mass is 9.97. The van der Waals surface area contributed by atoms with E-state index in [2.05, 4.69) is 18.8 Å². The van der Waals surface area contributed by atoms with Gasteiger partial charge in [-0.05, 0) is 39.5 Å². The van der Waals surface area contributed by atoms with E-state index in [0.29, 0.717) is 13.0 Å². The molecule has 1 N–H and O–H groups in total. The zero-order valence-electron chi connectivity index (χ0n) is 16.0. The van der Waals surface area contributed by atoms with Crippen LogP contribution in [0.25, 0.3) is 0 Å². The predicted molar refractivity (Wildman–Crippen MR) is 99.3 cm³/mol. The molecule has 0 fully saturated rings. The zero-order chi connectivity index (χ0) is 19.2. The van der Waals surface area contributed by atoms with Gasteiger partial charge in [-0.15, -0.1) is 11.3 Å². The third kappa shape index (κ3) is 7.02. The highest BCUT2D eigenvalue weighted by molar-refractivity contribution is 7.09. The number of amides is 1. The molecular formula is C18H30N2O4S. The highest BCUT2D eigenvalue weighted by Gasteiger charge is 2.29. The van der Waals surface area contributed by atoms with Gasteiger partial charge in [0.2, 0.25) is 0 Å². The lowest BCUT2D eigenvalue weighted by Gasteiger charge is -2.35. The van der Waals surface area contributed by atoms with Crippen LogP contribution in [0.15, 0.2) is 5.38 Å². The van der Waals surface area contributed by atoms with Crippen LogP contribution in [-0.4, -0.2) is 45.2 Å². The minimum absolute atomic E-state index is 0.0204. The van der Waals surface area contributed by atoms with Crippen LogP contribution in [0.3, 0.4) is 0 Å². The largest absolute Gasteiger partial charge is 0.476 e. The molecule has 1 aromatic rings. The van der Waals surface area contributed by atoms with Crippen LogP contribution in [0.2, 0.25) is 0 Å². The number of carboxylic acids is 1. The summed E-state index contributed by atoms with van der Waals surface area (Å²) in [6, 6.07) is 0.0204. The second-order valence-electron chi connectivity index (χ2n) is 7.46. The molecule has 0 aromatic carbocycles. The molecule has 0 bridgehead atoms. The first-order valence-electron chi connectivity index (χ1n) is 8.72. The zero-order valence-corrected chi connectivity index (χ0v) is 16.9. The van der Waals surface area contributed by atoms with Crippen molar-refractivity contribution < 1.29 is 19.4 Å². The number of hydrogen-bond donors (Lipinski definition) is 1. The number of aromatic nitrogens is 1. The van der Waals surface area contributed by atoms with Crippen molar-refractivity contribution in [2.24, 2.45) is 5.92 Å². The smallest absolute Gasteiger partial charge is 0.410 e. The van der Waals surface area contributed by atoms with Crippen LogP contribution in [0, 0.1) is 5.92 Å². The highest BCUT2D eigenvalue weighted by Crippen LogP contribution is 2.22. The SMILES string of the molecule is CCCN(C(=O)OC(C)(C)C)C(CCc1nc(C(=O)O)cs1)C(C)C. The van der Waals surface area contributed by atoms with E-state index in [9.17, 15) is 9.59 Å². The maximum atomic E-state index is 12.6. The number of carboxylic acid groups (broad SMARTS) is 1. The first-order chi connectivity index (χ1) is 11.5. The second kappa shape index (κ2) is 9.17. The van der Waals surface area contributed by atoms with Crippen LogP contribution < -0.4 is 0 Å². The number of thiazole rings is 1. The molecule has 0 spiro atoms. The number of rotatable bonds is 8. The summed E-state index contributed by atoms with van der Waals surface area (Å²) in [6.45, 7) is 12.4. The van der Waals surface area contributed by atoms with E-state index in [1.807, 2.05) is 32.6 Å². The molecular weight excluding hydrogens is 340 g/mol. The lowest BCUT2D eigenvalue weighted by molar-refractivity contribution is 0.00997. The van der Waals surface area contributed by atoms with Crippen LogP contribution in [0.5, 0.6) is 0 Å². The average Bonchev–Trinajstić information content (AvgIpc) is 2.93. The van der Waals surface area contributed by atoms with Gasteiger partial charge in [0.15, 0.2) is 5.69 Å². The quantitative estimate of drug-likeness (QED) is 0.731. The van der Waals surface area contributed by atoms with Gasteiger partial charge in [0.25, 0.3) is 0 Å². The monoisotopic (exact) mass is 370 g/mol. The summed E-state index contributed by atoms with van der Waals surface area (Å²) in [5.41, 5.74) is -0.449. The molecule has 0 aliphatic carbocycles. The van der Waals surface area contributed by atoms with Gasteiger partial charge >= 0.3 is 12.1 Å². The highest BCUT2D eigenvalue weighted by atomic mass is 32.1. The number of ether oxygens (including phenoxy) is 1. The Morgan fingerprint density at radius 1 is 1.36 bits per heavy atom. The lowest BCUT2D eigenvalue weighted by Crippen LogP contribution is -2.46. The van der Waals surface area contributed by atoms with Gasteiger partial charge in [0, 0.05) is 24.4 Å². The van der Waals surface area contributed by atoms with Crippen molar-refractivity contribution in [3.8, 4) is 0 Å². The number of hydrogen-bond acceptors (Lipinski definition) is 5. The molecule has 1 amide bonds. The van der Waals surface area contributed by atoms with Crippen molar-refractivity contribution >= 4 is 23.4 Å². The number of nitrogens with zero attached hydrogens (tertiary/aromatic N) is 2. The Balaban J connectivity index is 2.85. The minimum Gasteiger partial charge on any atom is -0.476 e. The average molecular weight is 371 g/mol. The van der Waals surface area contributed by atoms with E-state index in [1.165, 1.54) is 11.3 Å². The molecule has 0 saturated heterocycles. The number of aryl methyl sites for hydroxylation is 1. The summed E-state index contributed by atoms with van der Waals surface area (Å²) in [4.78, 5) is 29.5. The molecule has 1 heterocycles. The topological polar surface area (TPSA) is 79.7 Å². The standard InChI is InChI=1S/C18H30N2O4S/c1-7-10-20(17(23)24-18(4,5)6)14(12(2)3)8-9-15-19-13(11-25-15)16(21)22/h11-12,14H,7-10H2,1-6H3,(H,21,22). The molecule has 0 aliphatic heterocycles. The molecule has 142 valence electrons. The molecule has 0 aliphatic rings. The minimum atomic E-state index is -1.01. The van der Waals surface area contributed by atoms with E-state index in [1.54, 1.807) is 5.38 Å². The fourth-order valence-electron chi connectivity index (χ4n) is 2.60. The summed E-state index contributed by atoms with van der Waals surface area (Å²) in [5, 5.41) is 11.3. The maximum absolute atomic E-state index is 12.6. The molecule has 1 atom stereocenters. The third-order valence-corrected chi connectivity index (χ3v) is 4.60. The predicted octanol–water partition coefficient (Wildman–Crippen LogP) is 4.45. The van der Waals surface area contributed by atoms with Crippen LogP contribution in [0.4, 0.5) is 4.79 Å². The Labute approximate surface area is 154 Å². The molecule has 7 heteroatoms. The molecule has 25 heavy (non-hydrogen) atoms. The Bertz CT molecular complexity index is 578. The maximum Gasteiger partial charge on any atom is 0.410 e. The first-order valence-corrected chi connectivity index (χ1v) is 9.60. The van der Waals surface area contributed by atoms with Gasteiger partial charge < -0.3 is 14.7 Å². The Morgan fingerprint density at radius 3 is 2.44 bits per heavy atom. The molecule has 0 radical (unpaired) electrons. The number of carbonyl (C=O) groups excluding carboxylic acids is 1. The van der Waals surface area contributed by atoms with Gasteiger partial charge in [-0.1, -0.05) is 20.8 Å². The Hall–Kier alpha value is -1.63. The van der Waals surface area contributed by atoms with E-state index < -0.39 is 11.6 Å². The molecule has 1 unspecified atom stereocenters. The van der Waals surface area contributed by atoms with Crippen molar-refractivity contribution in [1.82, 2.24) is 9.88 Å². The number of aromatic carboxylic acids is 1. The van der Waals surface area contributed by atoms with Crippen molar-refractivity contribution in [2.75, 3.05) is 6.54 Å². The molecule has 6 nitrogen and oxygen atoms in total. The summed E-state index contributed by atoms with van der Waals surface area (Å²) < 4.78 is 5.57.